The third-order valence-electron chi connectivity index (χ3n) is 1.91. The molecule has 1 aromatic rings. The molecule has 0 bridgehead atoms. The summed E-state index contributed by atoms with van der Waals surface area (Å²) in [6, 6.07) is 2.88. The number of fused-ring (bicyclic) bond motifs is 1. The molecule has 1 aromatic carbocycles. The van der Waals surface area contributed by atoms with Crippen LogP contribution in [0.5, 0.6) is 5.75 Å². The van der Waals surface area contributed by atoms with E-state index >= 15 is 0 Å². The molecule has 0 aliphatic carbocycles. The van der Waals surface area contributed by atoms with Gasteiger partial charge in [-0.05, 0) is 15.9 Å². The van der Waals surface area contributed by atoms with Gasteiger partial charge in [0.1, 0.15) is 6.61 Å². The maximum Gasteiger partial charge on any atom is 0.274 e. The molecule has 6 heteroatoms. The zero-order valence-corrected chi connectivity index (χ0v) is 8.70. The number of anilines is 1. The number of ether oxygens (including phenoxy) is 1. The highest BCUT2D eigenvalue weighted by atomic mass is 79.9. The summed E-state index contributed by atoms with van der Waals surface area (Å²) < 4.78 is 5.95. The van der Waals surface area contributed by atoms with Crippen molar-refractivity contribution in [2.75, 3.05) is 18.5 Å². The lowest BCUT2D eigenvalue weighted by Crippen LogP contribution is -2.18. The quantitative estimate of drug-likeness (QED) is 0.620. The predicted molar refractivity (Wildman–Crippen MR) is 54.8 cm³/mol. The number of benzene rings is 1. The molecule has 1 aliphatic heterocycles. The summed E-state index contributed by atoms with van der Waals surface area (Å²) in [5, 5.41) is 13.7. The van der Waals surface area contributed by atoms with Crippen LogP contribution < -0.4 is 10.1 Å². The van der Waals surface area contributed by atoms with E-state index in [2.05, 4.69) is 21.2 Å². The summed E-state index contributed by atoms with van der Waals surface area (Å²) in [5.41, 5.74) is 0.807. The zero-order chi connectivity index (χ0) is 10.1. The van der Waals surface area contributed by atoms with Crippen LogP contribution in [0.2, 0.25) is 0 Å². The Morgan fingerprint density at radius 3 is 3.07 bits per heavy atom. The largest absolute Gasteiger partial charge is 0.489 e. The summed E-state index contributed by atoms with van der Waals surface area (Å²) in [6.07, 6.45) is 0. The lowest BCUT2D eigenvalue weighted by atomic mass is 10.2. The van der Waals surface area contributed by atoms with Crippen molar-refractivity contribution < 1.29 is 9.66 Å². The number of nitro groups is 1. The van der Waals surface area contributed by atoms with Crippen LogP contribution in [0.25, 0.3) is 0 Å². The van der Waals surface area contributed by atoms with E-state index in [1.54, 1.807) is 0 Å². The first kappa shape index (κ1) is 9.26. The minimum Gasteiger partial charge on any atom is -0.489 e. The Bertz CT molecular complexity index is 394. The molecule has 0 atom stereocenters. The van der Waals surface area contributed by atoms with Gasteiger partial charge in [-0.2, -0.15) is 0 Å². The number of non-ortho nitro benzene ring substituents is 1. The molecule has 0 fully saturated rings. The monoisotopic (exact) mass is 258 g/mol. The van der Waals surface area contributed by atoms with Crippen LogP contribution in [0, 0.1) is 10.1 Å². The molecule has 0 aromatic heterocycles. The number of nitrogens with one attached hydrogen (secondary N) is 1. The molecule has 0 spiro atoms. The molecule has 74 valence electrons. The van der Waals surface area contributed by atoms with Gasteiger partial charge in [0.15, 0.2) is 5.75 Å². The fourth-order valence-corrected chi connectivity index (χ4v) is 1.87. The molecular weight excluding hydrogens is 252 g/mol. The van der Waals surface area contributed by atoms with Crippen molar-refractivity contribution in [1.82, 2.24) is 0 Å². The lowest BCUT2D eigenvalue weighted by Gasteiger charge is -2.19. The van der Waals surface area contributed by atoms with Crippen LogP contribution in [-0.4, -0.2) is 18.1 Å². The van der Waals surface area contributed by atoms with Crippen molar-refractivity contribution in [1.29, 1.82) is 0 Å². The standard InChI is InChI=1S/C8H7BrN2O3/c9-6-3-5(11(12)13)4-7-8(6)10-1-2-14-7/h3-4,10H,1-2H2. The molecule has 0 radical (unpaired) electrons. The van der Waals surface area contributed by atoms with E-state index in [4.69, 9.17) is 4.74 Å². The number of hydrogen-bond acceptors (Lipinski definition) is 4. The normalized spacial score (nSPS) is 13.8. The highest BCUT2D eigenvalue weighted by Crippen LogP contribution is 2.38. The van der Waals surface area contributed by atoms with Gasteiger partial charge in [-0.1, -0.05) is 0 Å². The molecule has 0 amide bonds. The number of hydrogen-bond donors (Lipinski definition) is 1. The van der Waals surface area contributed by atoms with E-state index in [0.29, 0.717) is 23.4 Å². The number of halogens is 1. The SMILES string of the molecule is O=[N+]([O-])c1cc(Br)c2c(c1)OCCN2. The van der Waals surface area contributed by atoms with Crippen LogP contribution in [0.3, 0.4) is 0 Å². The lowest BCUT2D eigenvalue weighted by molar-refractivity contribution is -0.385. The van der Waals surface area contributed by atoms with Crippen LogP contribution in [0.1, 0.15) is 0 Å². The highest BCUT2D eigenvalue weighted by Gasteiger charge is 2.18. The average molecular weight is 259 g/mol. The molecule has 0 saturated carbocycles. The minimum atomic E-state index is -0.441. The second-order valence-electron chi connectivity index (χ2n) is 2.83. The second kappa shape index (κ2) is 3.45. The molecule has 0 saturated heterocycles. The van der Waals surface area contributed by atoms with Crippen LogP contribution in [-0.2, 0) is 0 Å². The highest BCUT2D eigenvalue weighted by molar-refractivity contribution is 9.10. The van der Waals surface area contributed by atoms with E-state index in [0.717, 1.165) is 5.69 Å². The van der Waals surface area contributed by atoms with Crippen molar-refractivity contribution in [3.8, 4) is 5.75 Å². The van der Waals surface area contributed by atoms with Gasteiger partial charge >= 0.3 is 0 Å². The summed E-state index contributed by atoms with van der Waals surface area (Å²) in [6.45, 7) is 1.24. The van der Waals surface area contributed by atoms with E-state index in [1.165, 1.54) is 12.1 Å². The van der Waals surface area contributed by atoms with Gasteiger partial charge in [0.25, 0.3) is 5.69 Å². The van der Waals surface area contributed by atoms with Crippen molar-refractivity contribution in [3.05, 3.63) is 26.7 Å². The third-order valence-corrected chi connectivity index (χ3v) is 2.54. The van der Waals surface area contributed by atoms with Gasteiger partial charge in [0, 0.05) is 12.6 Å². The Morgan fingerprint density at radius 2 is 2.36 bits per heavy atom. The van der Waals surface area contributed by atoms with Crippen LogP contribution >= 0.6 is 15.9 Å². The van der Waals surface area contributed by atoms with E-state index in [9.17, 15) is 10.1 Å². The Balaban J connectivity index is 2.51. The minimum absolute atomic E-state index is 0.0272. The van der Waals surface area contributed by atoms with Gasteiger partial charge in [-0.25, -0.2) is 0 Å². The molecule has 1 N–H and O–H groups in total. The zero-order valence-electron chi connectivity index (χ0n) is 7.12. The molecule has 14 heavy (non-hydrogen) atoms. The number of nitro benzene ring substituents is 1. The maximum absolute atomic E-state index is 10.5. The first-order valence-corrected chi connectivity index (χ1v) is 4.82. The molecule has 2 rings (SSSR count). The van der Waals surface area contributed by atoms with Crippen LogP contribution in [0.4, 0.5) is 11.4 Å². The smallest absolute Gasteiger partial charge is 0.274 e. The Labute approximate surface area is 88.3 Å². The maximum atomic E-state index is 10.5. The van der Waals surface area contributed by atoms with Crippen molar-refractivity contribution >= 4 is 27.3 Å². The second-order valence-corrected chi connectivity index (χ2v) is 3.69. The van der Waals surface area contributed by atoms with Crippen molar-refractivity contribution in [2.45, 2.75) is 0 Å². The molecule has 1 heterocycles. The first-order chi connectivity index (χ1) is 6.68. The van der Waals surface area contributed by atoms with Crippen molar-refractivity contribution in [2.24, 2.45) is 0 Å². The van der Waals surface area contributed by atoms with E-state index in [-0.39, 0.29) is 5.69 Å². The predicted octanol–water partition coefficient (Wildman–Crippen LogP) is 2.16. The molecule has 0 unspecified atom stereocenters. The number of nitrogens with zero attached hydrogens (tertiary/aromatic N) is 1. The van der Waals surface area contributed by atoms with Gasteiger partial charge < -0.3 is 10.1 Å². The first-order valence-electron chi connectivity index (χ1n) is 4.03. The fraction of sp³-hybridized carbons (Fsp3) is 0.250. The Kier molecular flexibility index (Phi) is 2.28. The van der Waals surface area contributed by atoms with Gasteiger partial charge in [0.2, 0.25) is 0 Å². The third kappa shape index (κ3) is 1.52. The van der Waals surface area contributed by atoms with Crippen LogP contribution in [0.15, 0.2) is 16.6 Å². The molecular formula is C8H7BrN2O3. The van der Waals surface area contributed by atoms with E-state index in [1.807, 2.05) is 0 Å². The fourth-order valence-electron chi connectivity index (χ4n) is 1.30. The van der Waals surface area contributed by atoms with E-state index < -0.39 is 4.92 Å². The number of rotatable bonds is 1. The Hall–Kier alpha value is -1.30. The summed E-state index contributed by atoms with van der Waals surface area (Å²) in [5.74, 6) is 0.525. The van der Waals surface area contributed by atoms with Crippen molar-refractivity contribution in [3.63, 3.8) is 0 Å². The average Bonchev–Trinajstić information content (AvgIpc) is 2.17. The topological polar surface area (TPSA) is 64.4 Å². The van der Waals surface area contributed by atoms with Gasteiger partial charge in [0.05, 0.1) is 21.1 Å². The Morgan fingerprint density at radius 1 is 1.57 bits per heavy atom. The van der Waals surface area contributed by atoms with Gasteiger partial charge in [-0.3, -0.25) is 10.1 Å². The van der Waals surface area contributed by atoms with Gasteiger partial charge in [-0.15, -0.1) is 0 Å². The molecule has 1 aliphatic rings. The molecule has 5 nitrogen and oxygen atoms in total. The summed E-state index contributed by atoms with van der Waals surface area (Å²) in [4.78, 5) is 10.1. The summed E-state index contributed by atoms with van der Waals surface area (Å²) >= 11 is 3.25. The summed E-state index contributed by atoms with van der Waals surface area (Å²) in [7, 11) is 0.